The van der Waals surface area contributed by atoms with Crippen molar-refractivity contribution < 1.29 is 0 Å². The van der Waals surface area contributed by atoms with Gasteiger partial charge in [0.15, 0.2) is 0 Å². The van der Waals surface area contributed by atoms with Crippen LogP contribution in [0, 0.1) is 0 Å². The molecule has 0 N–H and O–H groups in total. The van der Waals surface area contributed by atoms with E-state index in [1.807, 2.05) is 0 Å². The van der Waals surface area contributed by atoms with E-state index in [0.29, 0.717) is 0 Å². The molecular formula is C9H12. The normalized spacial score (nSPS) is 18.6. The predicted molar refractivity (Wildman–Crippen MR) is 41.3 cm³/mol. The molecule has 1 aliphatic rings. The van der Waals surface area contributed by atoms with Crippen molar-refractivity contribution in [2.45, 2.75) is 19.8 Å². The van der Waals surface area contributed by atoms with Gasteiger partial charge in [0, 0.05) is 0 Å². The van der Waals surface area contributed by atoms with Crippen LogP contribution in [0.2, 0.25) is 0 Å². The number of rotatable bonds is 1. The van der Waals surface area contributed by atoms with Gasteiger partial charge in [-0.05, 0) is 25.3 Å². The topological polar surface area (TPSA) is 0 Å². The highest BCUT2D eigenvalue weighted by atomic mass is 14.0. The first-order valence-corrected chi connectivity index (χ1v) is 3.42. The molecule has 0 heteroatoms. The molecule has 9 heavy (non-hydrogen) atoms. The lowest BCUT2D eigenvalue weighted by Crippen LogP contribution is -1.81. The number of hydrogen-bond donors (Lipinski definition) is 0. The second kappa shape index (κ2) is 3.29. The largest absolute Gasteiger partial charge is 0.0874 e. The first-order valence-electron chi connectivity index (χ1n) is 3.42. The summed E-state index contributed by atoms with van der Waals surface area (Å²) in [4.78, 5) is 0. The van der Waals surface area contributed by atoms with Crippen molar-refractivity contribution in [3.8, 4) is 0 Å². The van der Waals surface area contributed by atoms with Crippen LogP contribution in [0.15, 0.2) is 36.0 Å². The van der Waals surface area contributed by atoms with Crippen LogP contribution in [0.5, 0.6) is 0 Å². The summed E-state index contributed by atoms with van der Waals surface area (Å²) in [6.45, 7) is 2.05. The van der Waals surface area contributed by atoms with Gasteiger partial charge in [0.1, 0.15) is 0 Å². The van der Waals surface area contributed by atoms with E-state index in [0.717, 1.165) is 0 Å². The number of hydrogen-bond acceptors (Lipinski definition) is 0. The maximum atomic E-state index is 2.20. The van der Waals surface area contributed by atoms with Gasteiger partial charge in [-0.2, -0.15) is 0 Å². The highest BCUT2D eigenvalue weighted by molar-refractivity contribution is 5.26. The van der Waals surface area contributed by atoms with E-state index in [4.69, 9.17) is 0 Å². The Morgan fingerprint density at radius 1 is 1.56 bits per heavy atom. The van der Waals surface area contributed by atoms with Gasteiger partial charge in [0.25, 0.3) is 0 Å². The first kappa shape index (κ1) is 6.34. The maximum Gasteiger partial charge on any atom is -0.0244 e. The molecule has 1 aliphatic carbocycles. The van der Waals surface area contributed by atoms with Gasteiger partial charge in [-0.15, -0.1) is 0 Å². The molecule has 0 aromatic heterocycles. The van der Waals surface area contributed by atoms with Crippen LogP contribution in [0.3, 0.4) is 0 Å². The van der Waals surface area contributed by atoms with E-state index < -0.39 is 0 Å². The highest BCUT2D eigenvalue weighted by Crippen LogP contribution is 2.11. The Hall–Kier alpha value is -0.780. The molecule has 0 aromatic rings. The predicted octanol–water partition coefficient (Wildman–Crippen LogP) is 2.84. The Balaban J connectivity index is 2.57. The molecule has 0 heterocycles. The summed E-state index contributed by atoms with van der Waals surface area (Å²) in [7, 11) is 0. The van der Waals surface area contributed by atoms with Gasteiger partial charge in [0.05, 0.1) is 0 Å². The monoisotopic (exact) mass is 120 g/mol. The molecule has 0 amide bonds. The average Bonchev–Trinajstić information content (AvgIpc) is 1.91. The zero-order valence-electron chi connectivity index (χ0n) is 5.80. The minimum absolute atomic E-state index is 1.20. The molecule has 48 valence electrons. The van der Waals surface area contributed by atoms with Crippen LogP contribution in [-0.2, 0) is 0 Å². The fourth-order valence-electron chi connectivity index (χ4n) is 0.974. The minimum Gasteiger partial charge on any atom is -0.0874 e. The van der Waals surface area contributed by atoms with Gasteiger partial charge >= 0.3 is 0 Å². The van der Waals surface area contributed by atoms with Crippen molar-refractivity contribution in [2.24, 2.45) is 0 Å². The van der Waals surface area contributed by atoms with Gasteiger partial charge in [-0.1, -0.05) is 30.4 Å². The van der Waals surface area contributed by atoms with Crippen LogP contribution in [0.4, 0.5) is 0 Å². The van der Waals surface area contributed by atoms with E-state index in [9.17, 15) is 0 Å². The third kappa shape index (κ3) is 1.88. The Bertz CT molecular complexity index is 159. The summed E-state index contributed by atoms with van der Waals surface area (Å²) in [6.07, 6.45) is 13.2. The second-order valence-electron chi connectivity index (χ2n) is 2.21. The summed E-state index contributed by atoms with van der Waals surface area (Å²) < 4.78 is 0. The fourth-order valence-corrected chi connectivity index (χ4v) is 0.974. The zero-order valence-corrected chi connectivity index (χ0v) is 5.80. The lowest BCUT2D eigenvalue weighted by Gasteiger charge is -2.01. The summed E-state index contributed by atoms with van der Waals surface area (Å²) in [5.41, 5.74) is 1.44. The van der Waals surface area contributed by atoms with E-state index in [1.54, 1.807) is 0 Å². The molecule has 0 radical (unpaired) electrons. The van der Waals surface area contributed by atoms with Crippen LogP contribution < -0.4 is 0 Å². The standard InChI is InChI=1S/C9H12/c1-2-6-9-7-4-3-5-8-9/h2-4,6-7H,5,8H2,1H3/b6-2-. The molecule has 0 bridgehead atoms. The molecular weight excluding hydrogens is 108 g/mol. The Morgan fingerprint density at radius 2 is 2.44 bits per heavy atom. The molecule has 1 rings (SSSR count). The average molecular weight is 120 g/mol. The van der Waals surface area contributed by atoms with Gasteiger partial charge < -0.3 is 0 Å². The Kier molecular flexibility index (Phi) is 2.32. The minimum atomic E-state index is 1.20. The lowest BCUT2D eigenvalue weighted by atomic mass is 10.1. The fraction of sp³-hybridized carbons (Fsp3) is 0.333. The summed E-state index contributed by atoms with van der Waals surface area (Å²) in [5, 5.41) is 0. The van der Waals surface area contributed by atoms with Crippen molar-refractivity contribution in [3.05, 3.63) is 36.0 Å². The quantitative estimate of drug-likeness (QED) is 0.499. The van der Waals surface area contributed by atoms with Crippen LogP contribution in [0.1, 0.15) is 19.8 Å². The maximum absolute atomic E-state index is 2.20. The third-order valence-corrected chi connectivity index (χ3v) is 1.43. The van der Waals surface area contributed by atoms with Crippen molar-refractivity contribution >= 4 is 0 Å². The Morgan fingerprint density at radius 3 is 3.00 bits per heavy atom. The van der Waals surface area contributed by atoms with Crippen LogP contribution in [-0.4, -0.2) is 0 Å². The number of allylic oxidation sites excluding steroid dienone is 6. The van der Waals surface area contributed by atoms with E-state index >= 15 is 0 Å². The SMILES string of the molecule is C/C=C\C1=CC=CCC1. The van der Waals surface area contributed by atoms with Crippen molar-refractivity contribution in [3.63, 3.8) is 0 Å². The van der Waals surface area contributed by atoms with E-state index in [1.165, 1.54) is 18.4 Å². The summed E-state index contributed by atoms with van der Waals surface area (Å²) in [5.74, 6) is 0. The molecule has 0 fully saturated rings. The Labute approximate surface area is 56.6 Å². The summed E-state index contributed by atoms with van der Waals surface area (Å²) in [6, 6.07) is 0. The second-order valence-corrected chi connectivity index (χ2v) is 2.21. The first-order chi connectivity index (χ1) is 4.43. The third-order valence-electron chi connectivity index (χ3n) is 1.43. The molecule has 0 saturated carbocycles. The van der Waals surface area contributed by atoms with E-state index in [2.05, 4.69) is 37.3 Å². The smallest absolute Gasteiger partial charge is 0.0244 e. The molecule has 0 aromatic carbocycles. The van der Waals surface area contributed by atoms with Crippen molar-refractivity contribution in [1.29, 1.82) is 0 Å². The molecule has 0 atom stereocenters. The lowest BCUT2D eigenvalue weighted by molar-refractivity contribution is 0.990. The van der Waals surface area contributed by atoms with Gasteiger partial charge in [0.2, 0.25) is 0 Å². The van der Waals surface area contributed by atoms with Crippen LogP contribution in [0.25, 0.3) is 0 Å². The molecule has 0 saturated heterocycles. The van der Waals surface area contributed by atoms with E-state index in [-0.39, 0.29) is 0 Å². The molecule has 0 unspecified atom stereocenters. The molecule has 0 aliphatic heterocycles. The van der Waals surface area contributed by atoms with Crippen molar-refractivity contribution in [1.82, 2.24) is 0 Å². The van der Waals surface area contributed by atoms with Gasteiger partial charge in [-0.25, -0.2) is 0 Å². The molecule has 0 nitrogen and oxygen atoms in total. The van der Waals surface area contributed by atoms with Crippen LogP contribution >= 0.6 is 0 Å². The zero-order chi connectivity index (χ0) is 6.53. The molecule has 0 spiro atoms. The summed E-state index contributed by atoms with van der Waals surface area (Å²) >= 11 is 0. The highest BCUT2D eigenvalue weighted by Gasteiger charge is 1.91. The van der Waals surface area contributed by atoms with Gasteiger partial charge in [-0.3, -0.25) is 0 Å². The van der Waals surface area contributed by atoms with Crippen molar-refractivity contribution in [2.75, 3.05) is 0 Å².